The van der Waals surface area contributed by atoms with Gasteiger partial charge in [-0.2, -0.15) is 5.26 Å². The van der Waals surface area contributed by atoms with Gasteiger partial charge < -0.3 is 9.64 Å². The summed E-state index contributed by atoms with van der Waals surface area (Å²) in [4.78, 5) is 13.8. The molecular formula is C29H38N6O3S. The smallest absolute Gasteiger partial charge is 0.238 e. The van der Waals surface area contributed by atoms with E-state index in [0.717, 1.165) is 53.6 Å². The second-order valence-electron chi connectivity index (χ2n) is 10.4. The van der Waals surface area contributed by atoms with Crippen molar-refractivity contribution in [2.45, 2.75) is 58.5 Å². The Kier molecular flexibility index (Phi) is 8.93. The van der Waals surface area contributed by atoms with Gasteiger partial charge in [-0.25, -0.2) is 13.4 Å². The third kappa shape index (κ3) is 6.60. The number of nitrogens with zero attached hydrogens (tertiary/aromatic N) is 5. The molecule has 0 radical (unpaired) electrons. The van der Waals surface area contributed by atoms with Gasteiger partial charge in [0, 0.05) is 48.5 Å². The number of methoxy groups -OCH3 is 1. The Morgan fingerprint density at radius 1 is 1.08 bits per heavy atom. The SMILES string of the molecule is CCCCCCN1CC(C)N(c2c(C#N)cnc3ccc(-c4cnc(OC)c(NS(C)(=O)=O)c4)cc23)[C@@H](C)C1. The lowest BCUT2D eigenvalue weighted by Crippen LogP contribution is -2.57. The van der Waals surface area contributed by atoms with Crippen LogP contribution in [0.5, 0.6) is 5.88 Å². The first-order chi connectivity index (χ1) is 18.6. The molecule has 0 amide bonds. The predicted octanol–water partition coefficient (Wildman–Crippen LogP) is 5.03. The Hall–Kier alpha value is -3.42. The van der Waals surface area contributed by atoms with Crippen molar-refractivity contribution in [2.24, 2.45) is 0 Å². The van der Waals surface area contributed by atoms with E-state index in [9.17, 15) is 13.7 Å². The van der Waals surface area contributed by atoms with Crippen LogP contribution in [0.25, 0.3) is 22.0 Å². The minimum Gasteiger partial charge on any atom is -0.480 e. The van der Waals surface area contributed by atoms with Gasteiger partial charge in [0.25, 0.3) is 0 Å². The number of fused-ring (bicyclic) bond motifs is 1. The van der Waals surface area contributed by atoms with E-state index < -0.39 is 10.0 Å². The van der Waals surface area contributed by atoms with E-state index in [-0.39, 0.29) is 23.7 Å². The zero-order chi connectivity index (χ0) is 28.2. The molecule has 1 unspecified atom stereocenters. The monoisotopic (exact) mass is 550 g/mol. The van der Waals surface area contributed by atoms with E-state index in [1.54, 1.807) is 18.5 Å². The molecule has 0 spiro atoms. The van der Waals surface area contributed by atoms with Crippen LogP contribution in [0, 0.1) is 11.3 Å². The summed E-state index contributed by atoms with van der Waals surface area (Å²) < 4.78 is 31.6. The fraction of sp³-hybridized carbons (Fsp3) is 0.483. The van der Waals surface area contributed by atoms with Gasteiger partial charge in [0.1, 0.15) is 11.8 Å². The topological polar surface area (TPSA) is 111 Å². The lowest BCUT2D eigenvalue weighted by molar-refractivity contribution is 0.196. The number of piperazine rings is 1. The van der Waals surface area contributed by atoms with Crippen LogP contribution in [0.4, 0.5) is 11.4 Å². The summed E-state index contributed by atoms with van der Waals surface area (Å²) in [6, 6.07) is 10.4. The van der Waals surface area contributed by atoms with Crippen molar-refractivity contribution >= 4 is 32.3 Å². The number of pyridine rings is 2. The van der Waals surface area contributed by atoms with Crippen LogP contribution in [0.3, 0.4) is 0 Å². The summed E-state index contributed by atoms with van der Waals surface area (Å²) in [6.45, 7) is 9.66. The van der Waals surface area contributed by atoms with Crippen molar-refractivity contribution in [3.8, 4) is 23.1 Å². The highest BCUT2D eigenvalue weighted by molar-refractivity contribution is 7.92. The molecular weight excluding hydrogens is 512 g/mol. The molecule has 4 rings (SSSR count). The van der Waals surface area contributed by atoms with E-state index in [0.29, 0.717) is 5.56 Å². The van der Waals surface area contributed by atoms with Crippen molar-refractivity contribution in [3.63, 3.8) is 0 Å². The van der Waals surface area contributed by atoms with Gasteiger partial charge in [-0.05, 0) is 50.6 Å². The molecule has 39 heavy (non-hydrogen) atoms. The molecule has 10 heteroatoms. The quantitative estimate of drug-likeness (QED) is 0.350. The van der Waals surface area contributed by atoms with Crippen molar-refractivity contribution in [1.29, 1.82) is 5.26 Å². The van der Waals surface area contributed by atoms with Gasteiger partial charge in [-0.3, -0.25) is 14.6 Å². The summed E-state index contributed by atoms with van der Waals surface area (Å²) in [7, 11) is -2.08. The zero-order valence-electron chi connectivity index (χ0n) is 23.4. The van der Waals surface area contributed by atoms with Crippen LogP contribution >= 0.6 is 0 Å². The number of aromatic nitrogens is 2. The first kappa shape index (κ1) is 28.6. The molecule has 3 heterocycles. The first-order valence-corrected chi connectivity index (χ1v) is 15.4. The van der Waals surface area contributed by atoms with Gasteiger partial charge >= 0.3 is 0 Å². The molecule has 1 N–H and O–H groups in total. The highest BCUT2D eigenvalue weighted by atomic mass is 32.2. The largest absolute Gasteiger partial charge is 0.480 e. The number of nitriles is 1. The lowest BCUT2D eigenvalue weighted by atomic mass is 9.98. The standard InChI is InChI=1S/C29H38N6O3S/c1-6-7-8-9-12-34-18-20(2)35(21(3)19-34)28-24(15-30)17-31-26-11-10-22(13-25(26)28)23-14-27(33-39(5,36)37)29(38-4)32-16-23/h10-11,13-14,16-17,20-21,33H,6-9,12,18-19H2,1-5H3/t20-,21?/m0/s1. The highest BCUT2D eigenvalue weighted by Crippen LogP contribution is 2.37. The molecule has 1 saturated heterocycles. The van der Waals surface area contributed by atoms with Crippen LogP contribution in [0.2, 0.25) is 0 Å². The predicted molar refractivity (Wildman–Crippen MR) is 157 cm³/mol. The first-order valence-electron chi connectivity index (χ1n) is 13.5. The summed E-state index contributed by atoms with van der Waals surface area (Å²) >= 11 is 0. The van der Waals surface area contributed by atoms with E-state index in [1.807, 2.05) is 18.2 Å². The Balaban J connectivity index is 1.73. The molecule has 1 fully saturated rings. The van der Waals surface area contributed by atoms with Crippen LogP contribution < -0.4 is 14.4 Å². The van der Waals surface area contributed by atoms with Gasteiger partial charge in [0.05, 0.1) is 30.1 Å². The number of hydrogen-bond acceptors (Lipinski definition) is 8. The fourth-order valence-corrected chi connectivity index (χ4v) is 6.13. The van der Waals surface area contributed by atoms with Crippen molar-refractivity contribution < 1.29 is 13.2 Å². The summed E-state index contributed by atoms with van der Waals surface area (Å²) in [5, 5.41) is 11.0. The fourth-order valence-electron chi connectivity index (χ4n) is 5.58. The molecule has 208 valence electrons. The number of anilines is 2. The average Bonchev–Trinajstić information content (AvgIpc) is 2.89. The summed E-state index contributed by atoms with van der Waals surface area (Å²) in [6.07, 6.45) is 9.38. The Bertz CT molecular complexity index is 1460. The van der Waals surface area contributed by atoms with Gasteiger partial charge in [-0.1, -0.05) is 32.3 Å². The third-order valence-corrected chi connectivity index (χ3v) is 7.80. The molecule has 0 bridgehead atoms. The normalized spacial score (nSPS) is 18.2. The van der Waals surface area contributed by atoms with Crippen molar-refractivity contribution in [3.05, 3.63) is 42.2 Å². The van der Waals surface area contributed by atoms with Crippen molar-refractivity contribution in [2.75, 3.05) is 42.6 Å². The number of benzene rings is 1. The van der Waals surface area contributed by atoms with Gasteiger partial charge in [-0.15, -0.1) is 0 Å². The Morgan fingerprint density at radius 2 is 1.82 bits per heavy atom. The maximum atomic E-state index is 11.9. The second kappa shape index (κ2) is 12.2. The number of hydrogen-bond donors (Lipinski definition) is 1. The van der Waals surface area contributed by atoms with Crippen LogP contribution in [-0.2, 0) is 10.0 Å². The molecule has 0 aliphatic carbocycles. The average molecular weight is 551 g/mol. The summed E-state index contributed by atoms with van der Waals surface area (Å²) in [5.74, 6) is 0.189. The third-order valence-electron chi connectivity index (χ3n) is 7.21. The second-order valence-corrected chi connectivity index (χ2v) is 12.2. The van der Waals surface area contributed by atoms with Crippen LogP contribution in [0.15, 0.2) is 36.7 Å². The Labute approximate surface area is 231 Å². The number of rotatable bonds is 10. The van der Waals surface area contributed by atoms with Crippen LogP contribution in [-0.4, -0.2) is 68.4 Å². The summed E-state index contributed by atoms with van der Waals surface area (Å²) in [5.41, 5.74) is 4.05. The molecule has 3 aromatic rings. The maximum absolute atomic E-state index is 11.9. The molecule has 1 aliphatic heterocycles. The number of sulfonamides is 1. The van der Waals surface area contributed by atoms with Crippen LogP contribution in [0.1, 0.15) is 52.0 Å². The Morgan fingerprint density at radius 3 is 2.46 bits per heavy atom. The molecule has 2 aromatic heterocycles. The van der Waals surface area contributed by atoms with Gasteiger partial charge in [0.2, 0.25) is 15.9 Å². The minimum atomic E-state index is -3.53. The molecule has 1 aromatic carbocycles. The minimum absolute atomic E-state index is 0.189. The van der Waals surface area contributed by atoms with E-state index >= 15 is 0 Å². The van der Waals surface area contributed by atoms with E-state index in [2.05, 4.69) is 51.3 Å². The highest BCUT2D eigenvalue weighted by Gasteiger charge is 2.32. The lowest BCUT2D eigenvalue weighted by Gasteiger charge is -2.46. The molecule has 2 atom stereocenters. The molecule has 9 nitrogen and oxygen atoms in total. The van der Waals surface area contributed by atoms with E-state index in [1.165, 1.54) is 32.8 Å². The number of unbranched alkanes of at least 4 members (excludes halogenated alkanes) is 3. The van der Waals surface area contributed by atoms with E-state index in [4.69, 9.17) is 4.74 Å². The number of nitrogens with one attached hydrogen (secondary N) is 1. The molecule has 1 aliphatic rings. The zero-order valence-corrected chi connectivity index (χ0v) is 24.3. The van der Waals surface area contributed by atoms with Crippen molar-refractivity contribution in [1.82, 2.24) is 14.9 Å². The van der Waals surface area contributed by atoms with Gasteiger partial charge in [0.15, 0.2) is 0 Å². The maximum Gasteiger partial charge on any atom is 0.238 e. The number of ether oxygens (including phenoxy) is 1. The molecule has 0 saturated carbocycles.